The highest BCUT2D eigenvalue weighted by Gasteiger charge is 2.21. The third kappa shape index (κ3) is 3.16. The van der Waals surface area contributed by atoms with Crippen molar-refractivity contribution in [2.45, 2.75) is 39.5 Å². The van der Waals surface area contributed by atoms with E-state index in [0.29, 0.717) is 39.3 Å². The summed E-state index contributed by atoms with van der Waals surface area (Å²) in [4.78, 5) is 13.2. The highest BCUT2D eigenvalue weighted by molar-refractivity contribution is 6.30. The molecule has 0 amide bonds. The molecule has 0 aliphatic heterocycles. The fourth-order valence-corrected chi connectivity index (χ4v) is 3.23. The van der Waals surface area contributed by atoms with Gasteiger partial charge in [0, 0.05) is 16.5 Å². The Balaban J connectivity index is 2.40. The van der Waals surface area contributed by atoms with E-state index in [2.05, 4.69) is 0 Å². The molecule has 25 heavy (non-hydrogen) atoms. The van der Waals surface area contributed by atoms with Gasteiger partial charge in [-0.2, -0.15) is 0 Å². The van der Waals surface area contributed by atoms with Gasteiger partial charge in [0.15, 0.2) is 0 Å². The normalized spacial score (nSPS) is 11.4. The van der Waals surface area contributed by atoms with Crippen molar-refractivity contribution in [3.8, 4) is 16.9 Å². The van der Waals surface area contributed by atoms with Crippen molar-refractivity contribution in [2.24, 2.45) is 0 Å². The zero-order valence-corrected chi connectivity index (χ0v) is 15.4. The van der Waals surface area contributed by atoms with E-state index in [1.165, 1.54) is 0 Å². The molecule has 0 radical (unpaired) electrons. The lowest BCUT2D eigenvalue weighted by molar-refractivity contribution is 0.461. The molecule has 0 spiro atoms. The van der Waals surface area contributed by atoms with Crippen molar-refractivity contribution < 1.29 is 9.52 Å². The molecule has 0 bridgehead atoms. The minimum Gasteiger partial charge on any atom is -0.508 e. The first-order valence-electron chi connectivity index (χ1n) is 8.51. The first kappa shape index (κ1) is 17.6. The maximum absolute atomic E-state index is 13.2. The van der Waals surface area contributed by atoms with Crippen LogP contribution in [0, 0.1) is 0 Å². The third-order valence-electron chi connectivity index (χ3n) is 4.32. The molecule has 0 aliphatic rings. The van der Waals surface area contributed by atoms with Crippen LogP contribution in [0.3, 0.4) is 0 Å². The number of phenols is 1. The monoisotopic (exact) mass is 356 g/mol. The molecular weight excluding hydrogens is 336 g/mol. The van der Waals surface area contributed by atoms with Gasteiger partial charge in [-0.15, -0.1) is 0 Å². The van der Waals surface area contributed by atoms with E-state index in [9.17, 15) is 9.90 Å². The standard InChI is InChI=1S/C21H21ClO3/c1-4-5-15-17(23)11-10-16-19(24)18(13-6-8-14(22)9-7-13)20(12(2)3)25-21(15)16/h6-12,23H,4-5H2,1-3H3. The smallest absolute Gasteiger partial charge is 0.200 e. The maximum Gasteiger partial charge on any atom is 0.200 e. The number of aromatic hydroxyl groups is 1. The maximum atomic E-state index is 13.2. The Morgan fingerprint density at radius 2 is 1.80 bits per heavy atom. The average Bonchev–Trinajstić information content (AvgIpc) is 2.58. The van der Waals surface area contributed by atoms with Gasteiger partial charge in [0.1, 0.15) is 17.1 Å². The molecule has 0 fully saturated rings. The Kier molecular flexibility index (Phi) is 4.87. The van der Waals surface area contributed by atoms with Gasteiger partial charge in [0.25, 0.3) is 0 Å². The summed E-state index contributed by atoms with van der Waals surface area (Å²) < 4.78 is 6.19. The number of benzene rings is 2. The minimum absolute atomic E-state index is 0.0274. The molecule has 0 aliphatic carbocycles. The van der Waals surface area contributed by atoms with Gasteiger partial charge < -0.3 is 9.52 Å². The van der Waals surface area contributed by atoms with Crippen LogP contribution in [-0.4, -0.2) is 5.11 Å². The second-order valence-corrected chi connectivity index (χ2v) is 6.96. The summed E-state index contributed by atoms with van der Waals surface area (Å²) >= 11 is 5.98. The molecule has 3 nitrogen and oxygen atoms in total. The molecule has 1 N–H and O–H groups in total. The minimum atomic E-state index is -0.0791. The Morgan fingerprint density at radius 3 is 2.40 bits per heavy atom. The first-order valence-corrected chi connectivity index (χ1v) is 8.89. The molecule has 0 saturated heterocycles. The largest absolute Gasteiger partial charge is 0.508 e. The zero-order valence-electron chi connectivity index (χ0n) is 14.6. The molecule has 0 unspecified atom stereocenters. The van der Waals surface area contributed by atoms with Crippen LogP contribution in [0.5, 0.6) is 5.75 Å². The van der Waals surface area contributed by atoms with Crippen LogP contribution >= 0.6 is 11.6 Å². The number of hydrogen-bond donors (Lipinski definition) is 1. The van der Waals surface area contributed by atoms with Crippen molar-refractivity contribution in [3.63, 3.8) is 0 Å². The van der Waals surface area contributed by atoms with Crippen LogP contribution in [0.2, 0.25) is 5.02 Å². The van der Waals surface area contributed by atoms with E-state index < -0.39 is 0 Å². The van der Waals surface area contributed by atoms with Crippen LogP contribution in [0.1, 0.15) is 44.4 Å². The van der Waals surface area contributed by atoms with Gasteiger partial charge in [-0.25, -0.2) is 0 Å². The molecule has 3 rings (SSSR count). The number of phenolic OH excluding ortho intramolecular Hbond substituents is 1. The lowest BCUT2D eigenvalue weighted by Gasteiger charge is -2.15. The van der Waals surface area contributed by atoms with E-state index in [1.54, 1.807) is 24.3 Å². The van der Waals surface area contributed by atoms with Crippen molar-refractivity contribution in [1.82, 2.24) is 0 Å². The summed E-state index contributed by atoms with van der Waals surface area (Å²) in [6.45, 7) is 6.01. The molecule has 130 valence electrons. The first-order chi connectivity index (χ1) is 11.9. The van der Waals surface area contributed by atoms with Gasteiger partial charge in [0.2, 0.25) is 5.43 Å². The number of halogens is 1. The predicted octanol–water partition coefficient (Wildman–Crippen LogP) is 5.89. The molecule has 1 heterocycles. The summed E-state index contributed by atoms with van der Waals surface area (Å²) in [6.07, 6.45) is 1.51. The summed E-state index contributed by atoms with van der Waals surface area (Å²) in [5.74, 6) is 0.828. The molecule has 4 heteroatoms. The highest BCUT2D eigenvalue weighted by Crippen LogP contribution is 2.34. The van der Waals surface area contributed by atoms with Crippen molar-refractivity contribution in [2.75, 3.05) is 0 Å². The van der Waals surface area contributed by atoms with E-state index in [1.807, 2.05) is 32.9 Å². The second kappa shape index (κ2) is 6.93. The van der Waals surface area contributed by atoms with Crippen LogP contribution in [0.4, 0.5) is 0 Å². The van der Waals surface area contributed by atoms with Gasteiger partial charge >= 0.3 is 0 Å². The number of rotatable bonds is 4. The lowest BCUT2D eigenvalue weighted by Crippen LogP contribution is -2.11. The highest BCUT2D eigenvalue weighted by atomic mass is 35.5. The van der Waals surface area contributed by atoms with Crippen LogP contribution in [0.25, 0.3) is 22.1 Å². The second-order valence-electron chi connectivity index (χ2n) is 6.52. The van der Waals surface area contributed by atoms with Gasteiger partial charge in [0.05, 0.1) is 10.9 Å². The zero-order chi connectivity index (χ0) is 18.1. The Bertz CT molecular complexity index is 969. The third-order valence-corrected chi connectivity index (χ3v) is 4.58. The predicted molar refractivity (Wildman–Crippen MR) is 103 cm³/mol. The topological polar surface area (TPSA) is 50.4 Å². The molecule has 0 atom stereocenters. The van der Waals surface area contributed by atoms with Gasteiger partial charge in [-0.05, 0) is 36.2 Å². The fourth-order valence-electron chi connectivity index (χ4n) is 3.11. The van der Waals surface area contributed by atoms with E-state index in [0.717, 1.165) is 12.0 Å². The molecule has 1 aromatic heterocycles. The van der Waals surface area contributed by atoms with E-state index in [-0.39, 0.29) is 17.1 Å². The summed E-state index contributed by atoms with van der Waals surface area (Å²) in [6, 6.07) is 10.4. The lowest BCUT2D eigenvalue weighted by atomic mass is 9.95. The Labute approximate surface area is 151 Å². The average molecular weight is 357 g/mol. The Morgan fingerprint density at radius 1 is 1.12 bits per heavy atom. The van der Waals surface area contributed by atoms with Crippen molar-refractivity contribution >= 4 is 22.6 Å². The van der Waals surface area contributed by atoms with Crippen molar-refractivity contribution in [3.05, 3.63) is 63.0 Å². The van der Waals surface area contributed by atoms with Crippen LogP contribution < -0.4 is 5.43 Å². The number of fused-ring (bicyclic) bond motifs is 1. The summed E-state index contributed by atoms with van der Waals surface area (Å²) in [5.41, 5.74) is 2.46. The molecule has 3 aromatic rings. The van der Waals surface area contributed by atoms with Crippen LogP contribution in [0.15, 0.2) is 45.6 Å². The molecular formula is C21H21ClO3. The summed E-state index contributed by atoms with van der Waals surface area (Å²) in [5, 5.41) is 11.3. The van der Waals surface area contributed by atoms with Crippen molar-refractivity contribution in [1.29, 1.82) is 0 Å². The fraction of sp³-hybridized carbons (Fsp3) is 0.286. The molecule has 2 aromatic carbocycles. The molecule has 0 saturated carbocycles. The SMILES string of the molecule is CCCc1c(O)ccc2c(=O)c(-c3ccc(Cl)cc3)c(C(C)C)oc12. The Hall–Kier alpha value is -2.26. The van der Waals surface area contributed by atoms with Crippen LogP contribution in [-0.2, 0) is 6.42 Å². The van der Waals surface area contributed by atoms with Gasteiger partial charge in [-0.1, -0.05) is 50.9 Å². The van der Waals surface area contributed by atoms with E-state index in [4.69, 9.17) is 16.0 Å². The number of hydrogen-bond acceptors (Lipinski definition) is 3. The van der Waals surface area contributed by atoms with Gasteiger partial charge in [-0.3, -0.25) is 4.79 Å². The quantitative estimate of drug-likeness (QED) is 0.633. The summed E-state index contributed by atoms with van der Waals surface area (Å²) in [7, 11) is 0. The number of aryl methyl sites for hydroxylation is 1. The van der Waals surface area contributed by atoms with E-state index >= 15 is 0 Å².